The fourth-order valence-corrected chi connectivity index (χ4v) is 3.08. The molecule has 0 aliphatic rings. The summed E-state index contributed by atoms with van der Waals surface area (Å²) in [5, 5.41) is 0.702. The number of carbonyl (C=O) groups excluding carboxylic acids is 1. The fourth-order valence-electron chi connectivity index (χ4n) is 2.09. The number of hydrogen-bond donors (Lipinski definition) is 0. The van der Waals surface area contributed by atoms with Gasteiger partial charge < -0.3 is 0 Å². The summed E-state index contributed by atoms with van der Waals surface area (Å²) in [6.07, 6.45) is 0.414. The van der Waals surface area contributed by atoms with Crippen LogP contribution in [-0.4, -0.2) is 5.78 Å². The topological polar surface area (TPSA) is 17.1 Å². The number of ketones is 1. The molecule has 2 aromatic carbocycles. The zero-order chi connectivity index (χ0) is 16.1. The van der Waals surface area contributed by atoms with E-state index in [1.54, 1.807) is 11.3 Å². The van der Waals surface area contributed by atoms with E-state index in [9.17, 15) is 4.79 Å². The first kappa shape index (κ1) is 15.6. The van der Waals surface area contributed by atoms with Crippen molar-refractivity contribution in [1.29, 1.82) is 0 Å². The first-order chi connectivity index (χ1) is 11.2. The molecule has 0 spiro atoms. The van der Waals surface area contributed by atoms with Crippen LogP contribution in [0.25, 0.3) is 0 Å². The maximum Gasteiger partial charge on any atom is 0.168 e. The van der Waals surface area contributed by atoms with Crippen molar-refractivity contribution >= 4 is 28.7 Å². The van der Waals surface area contributed by atoms with Gasteiger partial charge in [0.25, 0.3) is 0 Å². The van der Waals surface area contributed by atoms with E-state index in [1.165, 1.54) is 0 Å². The second-order valence-corrected chi connectivity index (χ2v) is 6.59. The van der Waals surface area contributed by atoms with Crippen molar-refractivity contribution in [3.05, 3.63) is 92.6 Å². The highest BCUT2D eigenvalue weighted by atomic mass is 35.5. The summed E-state index contributed by atoms with van der Waals surface area (Å²) in [4.78, 5) is 14.2. The Hall–Kier alpha value is -2.34. The van der Waals surface area contributed by atoms with E-state index >= 15 is 0 Å². The zero-order valence-corrected chi connectivity index (χ0v) is 13.8. The van der Waals surface area contributed by atoms with Gasteiger partial charge in [0.2, 0.25) is 0 Å². The molecule has 0 aliphatic carbocycles. The van der Waals surface area contributed by atoms with Crippen molar-refractivity contribution < 1.29 is 4.79 Å². The van der Waals surface area contributed by atoms with Crippen LogP contribution in [0.5, 0.6) is 0 Å². The van der Waals surface area contributed by atoms with E-state index in [1.807, 2.05) is 66.7 Å². The van der Waals surface area contributed by atoms with Crippen LogP contribution in [-0.2, 0) is 6.42 Å². The molecular weight excluding hydrogens is 324 g/mol. The Kier molecular flexibility index (Phi) is 4.92. The van der Waals surface area contributed by atoms with Crippen LogP contribution in [0.4, 0.5) is 0 Å². The third kappa shape index (κ3) is 4.32. The average Bonchev–Trinajstić information content (AvgIpc) is 3.02. The number of carbonyl (C=O) groups is 1. The van der Waals surface area contributed by atoms with Gasteiger partial charge >= 0.3 is 0 Å². The molecule has 0 saturated heterocycles. The molecule has 3 heteroatoms. The Balaban J connectivity index is 1.69. The average molecular weight is 337 g/mol. The Morgan fingerprint density at radius 2 is 1.65 bits per heavy atom. The Bertz CT molecular complexity index is 867. The molecule has 0 aliphatic heterocycles. The molecule has 0 amide bonds. The fraction of sp³-hybridized carbons (Fsp3) is 0.0500. The van der Waals surface area contributed by atoms with Gasteiger partial charge in [-0.25, -0.2) is 0 Å². The zero-order valence-electron chi connectivity index (χ0n) is 12.3. The van der Waals surface area contributed by atoms with Crippen molar-refractivity contribution in [3.63, 3.8) is 0 Å². The maximum absolute atomic E-state index is 12.2. The molecule has 23 heavy (non-hydrogen) atoms. The number of Topliss-reactive ketones (excluding diaryl/α,β-unsaturated/α-hetero) is 1. The van der Waals surface area contributed by atoms with E-state index < -0.39 is 0 Å². The van der Waals surface area contributed by atoms with Gasteiger partial charge in [0.1, 0.15) is 0 Å². The highest BCUT2D eigenvalue weighted by Crippen LogP contribution is 2.18. The summed E-state index contributed by atoms with van der Waals surface area (Å²) in [6, 6.07) is 20.7. The van der Waals surface area contributed by atoms with Crippen LogP contribution in [0.1, 0.15) is 25.7 Å². The number of rotatable bonds is 3. The van der Waals surface area contributed by atoms with E-state index in [2.05, 4.69) is 11.8 Å². The summed E-state index contributed by atoms with van der Waals surface area (Å²) in [5.41, 5.74) is 1.67. The maximum atomic E-state index is 12.2. The third-order valence-electron chi connectivity index (χ3n) is 3.27. The highest BCUT2D eigenvalue weighted by molar-refractivity contribution is 7.12. The van der Waals surface area contributed by atoms with Crippen LogP contribution in [0.3, 0.4) is 0 Å². The van der Waals surface area contributed by atoms with Gasteiger partial charge in [-0.15, -0.1) is 11.3 Å². The van der Waals surface area contributed by atoms with Gasteiger partial charge in [-0.3, -0.25) is 4.79 Å². The minimum atomic E-state index is 0.129. The van der Waals surface area contributed by atoms with Gasteiger partial charge in [-0.1, -0.05) is 53.8 Å². The van der Waals surface area contributed by atoms with E-state index in [0.717, 1.165) is 20.9 Å². The van der Waals surface area contributed by atoms with Gasteiger partial charge in [-0.05, 0) is 36.4 Å². The minimum absolute atomic E-state index is 0.129. The van der Waals surface area contributed by atoms with Crippen LogP contribution >= 0.6 is 22.9 Å². The van der Waals surface area contributed by atoms with E-state index in [0.29, 0.717) is 11.4 Å². The molecule has 0 N–H and O–H groups in total. The first-order valence-electron chi connectivity index (χ1n) is 7.15. The van der Waals surface area contributed by atoms with Crippen molar-refractivity contribution in [2.45, 2.75) is 6.42 Å². The van der Waals surface area contributed by atoms with Crippen molar-refractivity contribution in [3.8, 4) is 11.8 Å². The first-order valence-corrected chi connectivity index (χ1v) is 8.35. The van der Waals surface area contributed by atoms with Gasteiger partial charge in [0.15, 0.2) is 5.78 Å². The molecule has 1 aromatic heterocycles. The third-order valence-corrected chi connectivity index (χ3v) is 4.52. The molecule has 0 radical (unpaired) electrons. The number of hydrogen-bond acceptors (Lipinski definition) is 2. The lowest BCUT2D eigenvalue weighted by molar-refractivity contribution is 0.0994. The molecule has 0 saturated carbocycles. The summed E-state index contributed by atoms with van der Waals surface area (Å²) in [7, 11) is 0. The molecule has 112 valence electrons. The monoisotopic (exact) mass is 336 g/mol. The van der Waals surface area contributed by atoms with Crippen molar-refractivity contribution in [2.75, 3.05) is 0 Å². The van der Waals surface area contributed by atoms with Crippen LogP contribution < -0.4 is 0 Å². The molecule has 0 fully saturated rings. The Morgan fingerprint density at radius 3 is 2.39 bits per heavy atom. The largest absolute Gasteiger partial charge is 0.294 e. The highest BCUT2D eigenvalue weighted by Gasteiger charge is 2.08. The predicted molar refractivity (Wildman–Crippen MR) is 96.2 cm³/mol. The van der Waals surface area contributed by atoms with E-state index in [-0.39, 0.29) is 5.78 Å². The van der Waals surface area contributed by atoms with Crippen LogP contribution in [0, 0.1) is 11.8 Å². The SMILES string of the molecule is O=C(Cc1ccc(C#Cc2ccc(Cl)cc2)s1)c1ccccc1. The Morgan fingerprint density at radius 1 is 0.913 bits per heavy atom. The lowest BCUT2D eigenvalue weighted by Crippen LogP contribution is -2.01. The van der Waals surface area contributed by atoms with Crippen LogP contribution in [0.15, 0.2) is 66.7 Å². The molecule has 1 heterocycles. The quantitative estimate of drug-likeness (QED) is 0.473. The van der Waals surface area contributed by atoms with Crippen LogP contribution in [0.2, 0.25) is 5.02 Å². The molecule has 0 bridgehead atoms. The second-order valence-electron chi connectivity index (χ2n) is 4.99. The lowest BCUT2D eigenvalue weighted by atomic mass is 10.1. The molecule has 3 aromatic rings. The van der Waals surface area contributed by atoms with Gasteiger partial charge in [0.05, 0.1) is 4.88 Å². The normalized spacial score (nSPS) is 9.96. The molecule has 0 unspecified atom stereocenters. The Labute approximate surface area is 144 Å². The summed E-state index contributed by atoms with van der Waals surface area (Å²) < 4.78 is 0. The molecule has 3 rings (SSSR count). The van der Waals surface area contributed by atoms with Crippen molar-refractivity contribution in [2.24, 2.45) is 0 Å². The standard InChI is InChI=1S/C20H13ClOS/c21-17-9-6-15(7-10-17)8-11-18-12-13-19(23-18)14-20(22)16-4-2-1-3-5-16/h1-7,9-10,12-13H,14H2. The molecular formula is C20H13ClOS. The summed E-state index contributed by atoms with van der Waals surface area (Å²) >= 11 is 7.41. The van der Waals surface area contributed by atoms with Gasteiger partial charge in [-0.2, -0.15) is 0 Å². The summed E-state index contributed by atoms with van der Waals surface area (Å²) in [6.45, 7) is 0. The second kappa shape index (κ2) is 7.28. The molecule has 0 atom stereocenters. The molecule has 1 nitrogen and oxygen atoms in total. The smallest absolute Gasteiger partial charge is 0.168 e. The van der Waals surface area contributed by atoms with Crippen molar-refractivity contribution in [1.82, 2.24) is 0 Å². The summed E-state index contributed by atoms with van der Waals surface area (Å²) in [5.74, 6) is 6.36. The number of benzene rings is 2. The minimum Gasteiger partial charge on any atom is -0.294 e. The van der Waals surface area contributed by atoms with E-state index in [4.69, 9.17) is 11.6 Å². The number of halogens is 1. The lowest BCUT2D eigenvalue weighted by Gasteiger charge is -1.97. The van der Waals surface area contributed by atoms with Gasteiger partial charge in [0, 0.05) is 27.4 Å². The number of thiophene rings is 1. The predicted octanol–water partition coefficient (Wildman–Crippen LogP) is 5.23.